The van der Waals surface area contributed by atoms with Crippen LogP contribution in [0.15, 0.2) is 118 Å². The first-order chi connectivity index (χ1) is 18.9. The van der Waals surface area contributed by atoms with Crippen molar-refractivity contribution in [3.05, 3.63) is 109 Å². The SMILES string of the molecule is CC(C)(C)c1ccc(-c2nnc(SCC(=O)N3c4ccccc4Sc4ccccc43)n2-c2ccccc2)cc1. The smallest absolute Gasteiger partial charge is 0.242 e. The molecule has 0 bridgehead atoms. The first kappa shape index (κ1) is 25.5. The first-order valence-corrected chi connectivity index (χ1v) is 14.6. The summed E-state index contributed by atoms with van der Waals surface area (Å²) in [4.78, 5) is 17.8. The summed E-state index contributed by atoms with van der Waals surface area (Å²) in [5.41, 5.74) is 5.09. The van der Waals surface area contributed by atoms with Crippen LogP contribution in [0.2, 0.25) is 0 Å². The van der Waals surface area contributed by atoms with E-state index in [1.165, 1.54) is 17.3 Å². The van der Waals surface area contributed by atoms with Gasteiger partial charge < -0.3 is 0 Å². The Labute approximate surface area is 237 Å². The van der Waals surface area contributed by atoms with Crippen LogP contribution >= 0.6 is 23.5 Å². The standard InChI is InChI=1S/C32H28N4OS2/c1-32(2,3)23-19-17-22(18-20-23)30-33-34-31(35(30)24-11-5-4-6-12-24)38-21-29(37)36-25-13-7-9-15-27(25)39-28-16-10-8-14-26(28)36/h4-20H,21H2,1-3H3. The highest BCUT2D eigenvalue weighted by Gasteiger charge is 2.28. The van der Waals surface area contributed by atoms with Crippen molar-refractivity contribution in [2.24, 2.45) is 0 Å². The van der Waals surface area contributed by atoms with Crippen molar-refractivity contribution >= 4 is 40.8 Å². The molecule has 39 heavy (non-hydrogen) atoms. The maximum Gasteiger partial charge on any atom is 0.242 e. The lowest BCUT2D eigenvalue weighted by Gasteiger charge is -2.30. The van der Waals surface area contributed by atoms with Crippen LogP contribution in [0.25, 0.3) is 17.1 Å². The molecule has 0 unspecified atom stereocenters. The number of aromatic nitrogens is 3. The minimum Gasteiger partial charge on any atom is -0.278 e. The fourth-order valence-electron chi connectivity index (χ4n) is 4.64. The largest absolute Gasteiger partial charge is 0.278 e. The van der Waals surface area contributed by atoms with E-state index in [0.29, 0.717) is 5.16 Å². The molecule has 0 N–H and O–H groups in total. The molecule has 0 saturated heterocycles. The van der Waals surface area contributed by atoms with Gasteiger partial charge in [0.2, 0.25) is 5.91 Å². The molecular weight excluding hydrogens is 521 g/mol. The zero-order valence-electron chi connectivity index (χ0n) is 22.0. The molecule has 6 rings (SSSR count). The Morgan fingerprint density at radius 1 is 0.769 bits per heavy atom. The number of rotatable bonds is 5. The summed E-state index contributed by atoms with van der Waals surface area (Å²) in [7, 11) is 0. The molecule has 5 nitrogen and oxygen atoms in total. The van der Waals surface area contributed by atoms with E-state index in [1.54, 1.807) is 11.8 Å². The number of hydrogen-bond acceptors (Lipinski definition) is 5. The van der Waals surface area contributed by atoms with Crippen LogP contribution in [-0.2, 0) is 10.2 Å². The molecule has 0 saturated carbocycles. The van der Waals surface area contributed by atoms with Gasteiger partial charge in [-0.15, -0.1) is 10.2 Å². The van der Waals surface area contributed by atoms with E-state index in [-0.39, 0.29) is 17.1 Å². The molecular formula is C32H28N4OS2. The highest BCUT2D eigenvalue weighted by atomic mass is 32.2. The normalized spacial score (nSPS) is 12.6. The zero-order chi connectivity index (χ0) is 27.0. The number of carbonyl (C=O) groups excluding carboxylic acids is 1. The summed E-state index contributed by atoms with van der Waals surface area (Å²) in [5, 5.41) is 9.81. The third-order valence-electron chi connectivity index (χ3n) is 6.66. The fraction of sp³-hybridized carbons (Fsp3) is 0.156. The number of nitrogens with zero attached hydrogens (tertiary/aromatic N) is 4. The van der Waals surface area contributed by atoms with Crippen molar-refractivity contribution in [2.75, 3.05) is 10.7 Å². The Bertz CT molecular complexity index is 1590. The molecule has 0 spiro atoms. The van der Waals surface area contributed by atoms with E-state index < -0.39 is 0 Å². The van der Waals surface area contributed by atoms with Crippen LogP contribution < -0.4 is 4.90 Å². The summed E-state index contributed by atoms with van der Waals surface area (Å²) in [6.07, 6.45) is 0. The van der Waals surface area contributed by atoms with Gasteiger partial charge in [0, 0.05) is 21.0 Å². The van der Waals surface area contributed by atoms with Crippen molar-refractivity contribution in [1.29, 1.82) is 0 Å². The molecule has 5 aromatic rings. The lowest BCUT2D eigenvalue weighted by Crippen LogP contribution is -2.30. The second-order valence-electron chi connectivity index (χ2n) is 10.4. The predicted molar refractivity (Wildman–Crippen MR) is 160 cm³/mol. The summed E-state index contributed by atoms with van der Waals surface area (Å²) in [6, 6.07) is 34.7. The third kappa shape index (κ3) is 5.00. The summed E-state index contributed by atoms with van der Waals surface area (Å²) in [6.45, 7) is 6.62. The van der Waals surface area contributed by atoms with Crippen LogP contribution in [0.4, 0.5) is 11.4 Å². The van der Waals surface area contributed by atoms with Crippen LogP contribution in [0, 0.1) is 0 Å². The van der Waals surface area contributed by atoms with E-state index in [9.17, 15) is 4.79 Å². The number of benzene rings is 4. The number of carbonyl (C=O) groups is 1. The predicted octanol–water partition coefficient (Wildman–Crippen LogP) is 8.15. The van der Waals surface area contributed by atoms with Crippen LogP contribution in [0.5, 0.6) is 0 Å². The number of hydrogen-bond donors (Lipinski definition) is 0. The molecule has 0 fully saturated rings. The number of amides is 1. The quantitative estimate of drug-likeness (QED) is 0.207. The van der Waals surface area contributed by atoms with Gasteiger partial charge >= 0.3 is 0 Å². The van der Waals surface area contributed by atoms with Gasteiger partial charge in [0.15, 0.2) is 11.0 Å². The van der Waals surface area contributed by atoms with E-state index >= 15 is 0 Å². The maximum atomic E-state index is 13.8. The van der Waals surface area contributed by atoms with Crippen molar-refractivity contribution in [1.82, 2.24) is 14.8 Å². The van der Waals surface area contributed by atoms with Gasteiger partial charge in [0.25, 0.3) is 0 Å². The Hall–Kier alpha value is -3.81. The van der Waals surface area contributed by atoms with Crippen molar-refractivity contribution in [3.63, 3.8) is 0 Å². The zero-order valence-corrected chi connectivity index (χ0v) is 23.7. The van der Waals surface area contributed by atoms with Crippen LogP contribution in [0.3, 0.4) is 0 Å². The first-order valence-electron chi connectivity index (χ1n) is 12.8. The van der Waals surface area contributed by atoms with E-state index in [1.807, 2.05) is 76.2 Å². The molecule has 1 aromatic heterocycles. The Kier molecular flexibility index (Phi) is 6.79. The lowest BCUT2D eigenvalue weighted by molar-refractivity contribution is -0.115. The monoisotopic (exact) mass is 548 g/mol. The molecule has 0 radical (unpaired) electrons. The molecule has 1 amide bonds. The highest BCUT2D eigenvalue weighted by molar-refractivity contribution is 8.00. The molecule has 0 aliphatic carbocycles. The molecule has 4 aromatic carbocycles. The Morgan fingerprint density at radius 3 is 1.97 bits per heavy atom. The Balaban J connectivity index is 1.33. The second kappa shape index (κ2) is 10.4. The lowest BCUT2D eigenvalue weighted by atomic mass is 9.87. The van der Waals surface area contributed by atoms with Crippen LogP contribution in [0.1, 0.15) is 26.3 Å². The second-order valence-corrected chi connectivity index (χ2v) is 12.4. The average molecular weight is 549 g/mol. The van der Waals surface area contributed by atoms with Crippen molar-refractivity contribution < 1.29 is 4.79 Å². The molecule has 194 valence electrons. The maximum absolute atomic E-state index is 13.8. The van der Waals surface area contributed by atoms with Gasteiger partial charge in [0.1, 0.15) is 0 Å². The molecule has 0 atom stereocenters. The minimum absolute atomic E-state index is 0.00103. The van der Waals surface area contributed by atoms with Crippen molar-refractivity contribution in [2.45, 2.75) is 41.1 Å². The van der Waals surface area contributed by atoms with Gasteiger partial charge in [0.05, 0.1) is 17.1 Å². The number of thioether (sulfide) groups is 1. The topological polar surface area (TPSA) is 51.0 Å². The number of fused-ring (bicyclic) bond motifs is 2. The van der Waals surface area contributed by atoms with Gasteiger partial charge in [-0.05, 0) is 47.4 Å². The summed E-state index contributed by atoms with van der Waals surface area (Å²) >= 11 is 3.10. The van der Waals surface area contributed by atoms with Gasteiger partial charge in [-0.2, -0.15) is 0 Å². The van der Waals surface area contributed by atoms with Gasteiger partial charge in [-0.25, -0.2) is 0 Å². The molecule has 7 heteroatoms. The molecule has 1 aliphatic rings. The Morgan fingerprint density at radius 2 is 1.36 bits per heavy atom. The number of anilines is 2. The summed E-state index contributed by atoms with van der Waals surface area (Å²) in [5.74, 6) is 0.974. The molecule has 1 aliphatic heterocycles. The fourth-order valence-corrected chi connectivity index (χ4v) is 6.50. The third-order valence-corrected chi connectivity index (χ3v) is 8.71. The van der Waals surface area contributed by atoms with Gasteiger partial charge in [-0.1, -0.05) is 111 Å². The van der Waals surface area contributed by atoms with Gasteiger partial charge in [-0.3, -0.25) is 14.3 Å². The van der Waals surface area contributed by atoms with E-state index in [2.05, 4.69) is 67.4 Å². The molecule has 2 heterocycles. The highest BCUT2D eigenvalue weighted by Crippen LogP contribution is 2.48. The number of para-hydroxylation sites is 3. The summed E-state index contributed by atoms with van der Waals surface area (Å²) < 4.78 is 2.04. The van der Waals surface area contributed by atoms with E-state index in [0.717, 1.165) is 38.2 Å². The minimum atomic E-state index is -0.00103. The van der Waals surface area contributed by atoms with E-state index in [4.69, 9.17) is 0 Å². The van der Waals surface area contributed by atoms with Crippen molar-refractivity contribution in [3.8, 4) is 17.1 Å². The average Bonchev–Trinajstić information content (AvgIpc) is 3.38. The van der Waals surface area contributed by atoms with Crippen LogP contribution in [-0.4, -0.2) is 26.4 Å².